The number of nitrogens with one attached hydrogen (secondary N) is 1. The van der Waals surface area contributed by atoms with Crippen LogP contribution in [0.3, 0.4) is 0 Å². The van der Waals surface area contributed by atoms with Crippen LogP contribution in [0.2, 0.25) is 0 Å². The molecule has 0 saturated carbocycles. The van der Waals surface area contributed by atoms with Gasteiger partial charge in [0.25, 0.3) is 5.56 Å². The molecule has 1 aromatic heterocycles. The van der Waals surface area contributed by atoms with Crippen molar-refractivity contribution < 1.29 is 22.0 Å². The second-order valence-electron chi connectivity index (χ2n) is 6.26. The molecule has 0 saturated heterocycles. The number of hydrogen-bond donors (Lipinski definition) is 1. The number of aromatic amines is 1. The van der Waals surface area contributed by atoms with E-state index in [1.54, 1.807) is 0 Å². The zero-order chi connectivity index (χ0) is 20.2. The molecule has 2 heterocycles. The molecule has 28 heavy (non-hydrogen) atoms. The Morgan fingerprint density at radius 3 is 2.54 bits per heavy atom. The van der Waals surface area contributed by atoms with Gasteiger partial charge in [0.2, 0.25) is 0 Å². The molecule has 1 N–H and O–H groups in total. The molecule has 0 aliphatic carbocycles. The van der Waals surface area contributed by atoms with Crippen molar-refractivity contribution in [2.45, 2.75) is 24.0 Å². The van der Waals surface area contributed by atoms with E-state index in [1.807, 2.05) is 4.98 Å². The van der Waals surface area contributed by atoms with E-state index in [9.17, 15) is 31.5 Å². The summed E-state index contributed by atoms with van der Waals surface area (Å²) in [5.74, 6) is -1.73. The van der Waals surface area contributed by atoms with Gasteiger partial charge in [-0.25, -0.2) is 13.6 Å². The number of benzene rings is 2. The third-order valence-corrected chi connectivity index (χ3v) is 5.69. The van der Waals surface area contributed by atoms with E-state index in [0.29, 0.717) is 24.3 Å². The van der Waals surface area contributed by atoms with Gasteiger partial charge in [0.1, 0.15) is 11.6 Å². The fourth-order valence-electron chi connectivity index (χ4n) is 3.36. The highest BCUT2D eigenvalue weighted by molar-refractivity contribution is 7.99. The summed E-state index contributed by atoms with van der Waals surface area (Å²) in [4.78, 5) is 26.5. The lowest BCUT2D eigenvalue weighted by Crippen LogP contribution is -2.30. The molecular formula is C18H11F5N2O2S. The third kappa shape index (κ3) is 2.92. The van der Waals surface area contributed by atoms with Gasteiger partial charge in [0.05, 0.1) is 16.5 Å². The minimum Gasteiger partial charge on any atom is -0.292 e. The minimum atomic E-state index is -4.90. The summed E-state index contributed by atoms with van der Waals surface area (Å²) in [5.41, 5.74) is -3.82. The largest absolute Gasteiger partial charge is 0.417 e. The average Bonchev–Trinajstić information content (AvgIpc) is 2.82. The molecule has 0 bridgehead atoms. The number of aromatic nitrogens is 2. The molecular weight excluding hydrogens is 403 g/mol. The van der Waals surface area contributed by atoms with Crippen LogP contribution >= 0.6 is 11.8 Å². The van der Waals surface area contributed by atoms with Crippen molar-refractivity contribution in [3.63, 3.8) is 0 Å². The predicted octanol–water partition coefficient (Wildman–Crippen LogP) is 4.15. The number of thioether (sulfide) groups is 1. The van der Waals surface area contributed by atoms with Crippen molar-refractivity contribution in [2.75, 3.05) is 5.75 Å². The van der Waals surface area contributed by atoms with Gasteiger partial charge >= 0.3 is 11.9 Å². The predicted molar refractivity (Wildman–Crippen MR) is 94.5 cm³/mol. The number of H-pyrrole nitrogens is 1. The SMILES string of the molecule is O=c1[nH]c(=O)n2c3c(c(-c4ccc(F)cc4F)c(C(F)(F)F)cc13)SCCC2. The van der Waals surface area contributed by atoms with Crippen LogP contribution in [0.25, 0.3) is 22.0 Å². The molecule has 0 amide bonds. The Morgan fingerprint density at radius 2 is 1.86 bits per heavy atom. The van der Waals surface area contributed by atoms with Gasteiger partial charge in [-0.2, -0.15) is 13.2 Å². The summed E-state index contributed by atoms with van der Waals surface area (Å²) in [5, 5.41) is -0.303. The maximum atomic E-state index is 14.4. The van der Waals surface area contributed by atoms with Gasteiger partial charge < -0.3 is 0 Å². The second kappa shape index (κ2) is 6.47. The zero-order valence-electron chi connectivity index (χ0n) is 14.0. The highest BCUT2D eigenvalue weighted by Gasteiger charge is 2.38. The lowest BCUT2D eigenvalue weighted by molar-refractivity contribution is -0.137. The van der Waals surface area contributed by atoms with E-state index in [1.165, 1.54) is 4.57 Å². The van der Waals surface area contributed by atoms with Gasteiger partial charge in [-0.1, -0.05) is 0 Å². The maximum absolute atomic E-state index is 14.4. The van der Waals surface area contributed by atoms with Crippen LogP contribution in [0.4, 0.5) is 22.0 Å². The van der Waals surface area contributed by atoms with E-state index < -0.39 is 45.8 Å². The van der Waals surface area contributed by atoms with Crippen molar-refractivity contribution in [1.29, 1.82) is 0 Å². The summed E-state index contributed by atoms with van der Waals surface area (Å²) in [6, 6.07) is 2.91. The molecule has 0 unspecified atom stereocenters. The number of rotatable bonds is 1. The number of aryl methyl sites for hydroxylation is 1. The Kier molecular flexibility index (Phi) is 4.33. The summed E-state index contributed by atoms with van der Waals surface area (Å²) in [6.45, 7) is 0.197. The summed E-state index contributed by atoms with van der Waals surface area (Å²) >= 11 is 1.01. The first-order chi connectivity index (χ1) is 13.2. The second-order valence-corrected chi connectivity index (χ2v) is 7.36. The molecule has 4 nitrogen and oxygen atoms in total. The standard InChI is InChI=1S/C18H11F5N2O2S/c19-8-2-3-9(12(20)6-8)13-11(18(21,22)23)7-10-14-15(13)28-5-1-4-25(14)17(27)24-16(10)26/h2-3,6-7H,1,4-5H2,(H,24,26,27). The van der Waals surface area contributed by atoms with Crippen molar-refractivity contribution in [1.82, 2.24) is 9.55 Å². The minimum absolute atomic E-state index is 0.0176. The fourth-order valence-corrected chi connectivity index (χ4v) is 4.56. The monoisotopic (exact) mass is 414 g/mol. The van der Waals surface area contributed by atoms with Gasteiger partial charge in [-0.05, 0) is 30.4 Å². The van der Waals surface area contributed by atoms with Crippen LogP contribution < -0.4 is 11.2 Å². The summed E-state index contributed by atoms with van der Waals surface area (Å²) in [6.07, 6.45) is -4.44. The van der Waals surface area contributed by atoms with Gasteiger partial charge in [-0.15, -0.1) is 11.8 Å². The van der Waals surface area contributed by atoms with Crippen LogP contribution in [0, 0.1) is 11.6 Å². The Morgan fingerprint density at radius 1 is 1.11 bits per heavy atom. The molecule has 0 spiro atoms. The quantitative estimate of drug-likeness (QED) is 0.609. The van der Waals surface area contributed by atoms with E-state index >= 15 is 0 Å². The molecule has 4 rings (SSSR count). The zero-order valence-corrected chi connectivity index (χ0v) is 14.8. The van der Waals surface area contributed by atoms with E-state index in [0.717, 1.165) is 23.9 Å². The molecule has 10 heteroatoms. The average molecular weight is 414 g/mol. The van der Waals surface area contributed by atoms with Gasteiger partial charge in [0, 0.05) is 28.6 Å². The van der Waals surface area contributed by atoms with Crippen molar-refractivity contribution in [3.8, 4) is 11.1 Å². The highest BCUT2D eigenvalue weighted by Crippen LogP contribution is 2.46. The van der Waals surface area contributed by atoms with E-state index in [-0.39, 0.29) is 22.3 Å². The number of halogens is 5. The molecule has 146 valence electrons. The first-order valence-corrected chi connectivity index (χ1v) is 9.16. The summed E-state index contributed by atoms with van der Waals surface area (Å²) < 4.78 is 70.5. The Bertz CT molecular complexity index is 1230. The fraction of sp³-hybridized carbons (Fsp3) is 0.222. The first kappa shape index (κ1) is 18.7. The Hall–Kier alpha value is -2.62. The maximum Gasteiger partial charge on any atom is 0.417 e. The van der Waals surface area contributed by atoms with E-state index in [2.05, 4.69) is 0 Å². The van der Waals surface area contributed by atoms with Gasteiger partial charge in [-0.3, -0.25) is 14.3 Å². The molecule has 0 fully saturated rings. The lowest BCUT2D eigenvalue weighted by Gasteiger charge is -2.20. The molecule has 2 aromatic carbocycles. The van der Waals surface area contributed by atoms with Crippen molar-refractivity contribution >= 4 is 22.7 Å². The molecule has 0 atom stereocenters. The topological polar surface area (TPSA) is 54.9 Å². The Labute approximate surface area is 158 Å². The van der Waals surface area contributed by atoms with Crippen LogP contribution in [0.1, 0.15) is 12.0 Å². The lowest BCUT2D eigenvalue weighted by atomic mass is 9.96. The highest BCUT2D eigenvalue weighted by atomic mass is 32.2. The number of hydrogen-bond acceptors (Lipinski definition) is 3. The first-order valence-electron chi connectivity index (χ1n) is 8.17. The molecule has 1 aliphatic rings. The van der Waals surface area contributed by atoms with Crippen molar-refractivity contribution in [3.05, 3.63) is 62.3 Å². The third-order valence-electron chi connectivity index (χ3n) is 4.51. The van der Waals surface area contributed by atoms with Crippen LogP contribution in [0.15, 0.2) is 38.8 Å². The number of nitrogens with zero attached hydrogens (tertiary/aromatic N) is 1. The molecule has 3 aromatic rings. The summed E-state index contributed by atoms with van der Waals surface area (Å²) in [7, 11) is 0. The molecule has 1 aliphatic heterocycles. The van der Waals surface area contributed by atoms with E-state index in [4.69, 9.17) is 0 Å². The Balaban J connectivity index is 2.26. The van der Waals surface area contributed by atoms with Gasteiger partial charge in [0.15, 0.2) is 0 Å². The smallest absolute Gasteiger partial charge is 0.292 e. The number of alkyl halides is 3. The van der Waals surface area contributed by atoms with Crippen molar-refractivity contribution in [2.24, 2.45) is 0 Å². The van der Waals surface area contributed by atoms with Crippen LogP contribution in [-0.2, 0) is 12.7 Å². The van der Waals surface area contributed by atoms with Crippen LogP contribution in [-0.4, -0.2) is 15.3 Å². The molecule has 0 radical (unpaired) electrons. The van der Waals surface area contributed by atoms with Crippen LogP contribution in [0.5, 0.6) is 0 Å². The normalized spacial score (nSPS) is 14.3.